The quantitative estimate of drug-likeness (QED) is 0.429. The fourth-order valence-corrected chi connectivity index (χ4v) is 2.84. The van der Waals surface area contributed by atoms with Gasteiger partial charge in [-0.1, -0.05) is 42.1 Å². The van der Waals surface area contributed by atoms with Gasteiger partial charge in [0, 0.05) is 18.4 Å². The molecular formula is C20H25N3O2S. The Morgan fingerprint density at radius 1 is 1.19 bits per heavy atom. The van der Waals surface area contributed by atoms with E-state index in [1.165, 1.54) is 17.3 Å². The highest BCUT2D eigenvalue weighted by Gasteiger charge is 2.06. The molecule has 0 radical (unpaired) electrons. The lowest BCUT2D eigenvalue weighted by atomic mass is 10.1. The van der Waals surface area contributed by atoms with Crippen LogP contribution in [0.5, 0.6) is 5.75 Å². The van der Waals surface area contributed by atoms with E-state index in [1.807, 2.05) is 50.2 Å². The van der Waals surface area contributed by atoms with Crippen molar-refractivity contribution in [3.05, 3.63) is 65.2 Å². The van der Waals surface area contributed by atoms with Gasteiger partial charge < -0.3 is 15.2 Å². The second kappa shape index (κ2) is 10.6. The molecule has 0 aromatic heterocycles. The van der Waals surface area contributed by atoms with Gasteiger partial charge in [-0.3, -0.25) is 0 Å². The summed E-state index contributed by atoms with van der Waals surface area (Å²) in [5.41, 5.74) is 8.99. The first kappa shape index (κ1) is 20.0. The molecule has 2 aromatic rings. The number of amidine groups is 1. The van der Waals surface area contributed by atoms with Gasteiger partial charge in [0.05, 0.1) is 18.9 Å². The largest absolute Gasteiger partial charge is 0.491 e. The molecule has 0 unspecified atom stereocenters. The van der Waals surface area contributed by atoms with Crippen molar-refractivity contribution in [3.63, 3.8) is 0 Å². The Kier molecular flexibility index (Phi) is 8.18. The summed E-state index contributed by atoms with van der Waals surface area (Å²) in [4.78, 5) is 0. The van der Waals surface area contributed by atoms with Crippen LogP contribution in [-0.2, 0) is 17.1 Å². The van der Waals surface area contributed by atoms with E-state index >= 15 is 0 Å². The minimum atomic E-state index is 0.108. The molecule has 0 atom stereocenters. The van der Waals surface area contributed by atoms with Crippen LogP contribution in [0.15, 0.2) is 58.7 Å². The summed E-state index contributed by atoms with van der Waals surface area (Å²) in [5, 5.41) is 8.56. The van der Waals surface area contributed by atoms with Gasteiger partial charge in [-0.2, -0.15) is 5.10 Å². The van der Waals surface area contributed by atoms with Crippen LogP contribution in [0.1, 0.15) is 30.5 Å². The van der Waals surface area contributed by atoms with Crippen LogP contribution in [0.3, 0.4) is 0 Å². The van der Waals surface area contributed by atoms with Crippen LogP contribution in [-0.4, -0.2) is 24.6 Å². The van der Waals surface area contributed by atoms with Gasteiger partial charge in [0.15, 0.2) is 5.17 Å². The van der Waals surface area contributed by atoms with E-state index in [1.54, 1.807) is 13.3 Å². The summed E-state index contributed by atoms with van der Waals surface area (Å²) in [7, 11) is 1.66. The fourth-order valence-electron chi connectivity index (χ4n) is 2.23. The molecule has 0 aliphatic carbocycles. The molecule has 2 N–H and O–H groups in total. The molecular weight excluding hydrogens is 346 g/mol. The molecule has 0 aliphatic rings. The van der Waals surface area contributed by atoms with Gasteiger partial charge in [-0.15, -0.1) is 5.10 Å². The SMILES string of the molecule is COCc1cc(C=NN=C(N)SCc2ccccc2)ccc1OC(C)C. The average molecular weight is 372 g/mol. The average Bonchev–Trinajstić information content (AvgIpc) is 2.63. The Hall–Kier alpha value is -2.31. The van der Waals surface area contributed by atoms with Crippen molar-refractivity contribution in [2.45, 2.75) is 32.3 Å². The van der Waals surface area contributed by atoms with Gasteiger partial charge in [0.1, 0.15) is 5.75 Å². The first-order valence-corrected chi connectivity index (χ1v) is 9.38. The Morgan fingerprint density at radius 2 is 1.96 bits per heavy atom. The minimum Gasteiger partial charge on any atom is -0.491 e. The molecule has 138 valence electrons. The highest BCUT2D eigenvalue weighted by Crippen LogP contribution is 2.22. The smallest absolute Gasteiger partial charge is 0.180 e. The first-order valence-electron chi connectivity index (χ1n) is 8.40. The van der Waals surface area contributed by atoms with Crippen LogP contribution in [0.2, 0.25) is 0 Å². The Bertz CT molecular complexity index is 746. The molecule has 2 rings (SSSR count). The summed E-state index contributed by atoms with van der Waals surface area (Å²) >= 11 is 1.46. The maximum absolute atomic E-state index is 5.90. The molecule has 0 heterocycles. The zero-order valence-corrected chi connectivity index (χ0v) is 16.2. The van der Waals surface area contributed by atoms with Crippen LogP contribution in [0.25, 0.3) is 0 Å². The summed E-state index contributed by atoms with van der Waals surface area (Å²) in [6.45, 7) is 4.47. The molecule has 0 amide bonds. The number of methoxy groups -OCH3 is 1. The molecule has 0 saturated carbocycles. The molecule has 0 spiro atoms. The molecule has 0 saturated heterocycles. The summed E-state index contributed by atoms with van der Waals surface area (Å²) in [5.74, 6) is 1.59. The van der Waals surface area contributed by atoms with Crippen molar-refractivity contribution in [3.8, 4) is 5.75 Å². The Balaban J connectivity index is 1.98. The van der Waals surface area contributed by atoms with Crippen molar-refractivity contribution in [2.24, 2.45) is 15.9 Å². The second-order valence-corrected chi connectivity index (χ2v) is 6.92. The second-order valence-electron chi connectivity index (χ2n) is 5.92. The molecule has 0 bridgehead atoms. The molecule has 0 aliphatic heterocycles. The Morgan fingerprint density at radius 3 is 2.65 bits per heavy atom. The van der Waals surface area contributed by atoms with Crippen molar-refractivity contribution in [2.75, 3.05) is 7.11 Å². The van der Waals surface area contributed by atoms with Gasteiger partial charge >= 0.3 is 0 Å². The summed E-state index contributed by atoms with van der Waals surface area (Å²) < 4.78 is 11.0. The van der Waals surface area contributed by atoms with Crippen molar-refractivity contribution in [1.82, 2.24) is 0 Å². The van der Waals surface area contributed by atoms with Crippen molar-refractivity contribution in [1.29, 1.82) is 0 Å². The van der Waals surface area contributed by atoms with E-state index in [0.717, 1.165) is 22.6 Å². The fraction of sp³-hybridized carbons (Fsp3) is 0.300. The van der Waals surface area contributed by atoms with E-state index in [-0.39, 0.29) is 6.10 Å². The van der Waals surface area contributed by atoms with Crippen LogP contribution < -0.4 is 10.5 Å². The van der Waals surface area contributed by atoms with Crippen LogP contribution in [0, 0.1) is 0 Å². The van der Waals surface area contributed by atoms with E-state index in [4.69, 9.17) is 15.2 Å². The monoisotopic (exact) mass is 371 g/mol. The number of nitrogens with zero attached hydrogens (tertiary/aromatic N) is 2. The number of benzene rings is 2. The minimum absolute atomic E-state index is 0.108. The van der Waals surface area contributed by atoms with Crippen LogP contribution >= 0.6 is 11.8 Å². The number of hydrogen-bond acceptors (Lipinski definition) is 5. The normalized spacial score (nSPS) is 12.1. The Labute approximate surface area is 159 Å². The van der Waals surface area contributed by atoms with Gasteiger partial charge in [-0.05, 0) is 43.2 Å². The first-order chi connectivity index (χ1) is 12.6. The van der Waals surface area contributed by atoms with Gasteiger partial charge in [0.25, 0.3) is 0 Å². The summed E-state index contributed by atoms with van der Waals surface area (Å²) in [6.07, 6.45) is 1.78. The van der Waals surface area contributed by atoms with Gasteiger partial charge in [-0.25, -0.2) is 0 Å². The number of thioether (sulfide) groups is 1. The molecule has 6 heteroatoms. The number of ether oxygens (including phenoxy) is 2. The lowest BCUT2D eigenvalue weighted by Crippen LogP contribution is -2.08. The molecule has 2 aromatic carbocycles. The van der Waals surface area contributed by atoms with E-state index < -0.39 is 0 Å². The third-order valence-electron chi connectivity index (χ3n) is 3.34. The predicted molar refractivity (Wildman–Crippen MR) is 110 cm³/mol. The third-order valence-corrected chi connectivity index (χ3v) is 4.19. The van der Waals surface area contributed by atoms with E-state index in [0.29, 0.717) is 11.8 Å². The lowest BCUT2D eigenvalue weighted by molar-refractivity contribution is 0.174. The topological polar surface area (TPSA) is 69.2 Å². The predicted octanol–water partition coefficient (Wildman–Crippen LogP) is 4.20. The summed E-state index contributed by atoms with van der Waals surface area (Å²) in [6, 6.07) is 16.0. The standard InChI is InChI=1S/C20H25N3O2S/c1-15(2)25-19-10-9-17(11-18(19)13-24-3)12-22-23-20(21)26-14-16-7-5-4-6-8-16/h4-12,15H,13-14H2,1-3H3,(H2,21,23). The highest BCUT2D eigenvalue weighted by atomic mass is 32.2. The van der Waals surface area contributed by atoms with Crippen molar-refractivity contribution < 1.29 is 9.47 Å². The zero-order valence-electron chi connectivity index (χ0n) is 15.4. The molecule has 26 heavy (non-hydrogen) atoms. The molecule has 0 fully saturated rings. The number of rotatable bonds is 8. The van der Waals surface area contributed by atoms with Crippen LogP contribution in [0.4, 0.5) is 0 Å². The maximum Gasteiger partial charge on any atom is 0.180 e. The van der Waals surface area contributed by atoms with Crippen molar-refractivity contribution >= 4 is 23.1 Å². The van der Waals surface area contributed by atoms with Gasteiger partial charge in [0.2, 0.25) is 0 Å². The lowest BCUT2D eigenvalue weighted by Gasteiger charge is -2.14. The van der Waals surface area contributed by atoms with E-state index in [9.17, 15) is 0 Å². The maximum atomic E-state index is 5.90. The third kappa shape index (κ3) is 6.90. The molecule has 5 nitrogen and oxygen atoms in total. The number of hydrogen-bond donors (Lipinski definition) is 1. The zero-order chi connectivity index (χ0) is 18.8. The highest BCUT2D eigenvalue weighted by molar-refractivity contribution is 8.13. The van der Waals surface area contributed by atoms with E-state index in [2.05, 4.69) is 22.3 Å². The number of nitrogens with two attached hydrogens (primary N) is 1.